The molecule has 0 radical (unpaired) electrons. The molecule has 0 aromatic heterocycles. The first-order valence-electron chi connectivity index (χ1n) is 6.23. The molecule has 0 amide bonds. The highest BCUT2D eigenvalue weighted by Crippen LogP contribution is 2.21. The Labute approximate surface area is 105 Å². The Morgan fingerprint density at radius 3 is 2.31 bits per heavy atom. The van der Waals surface area contributed by atoms with Gasteiger partial charge in [-0.2, -0.15) is 17.0 Å². The second-order valence-electron chi connectivity index (χ2n) is 4.90. The van der Waals surface area contributed by atoms with Gasteiger partial charge in [-0.25, -0.2) is 0 Å². The zero-order valence-corrected chi connectivity index (χ0v) is 11.8. The van der Waals surface area contributed by atoms with Gasteiger partial charge in [-0.05, 0) is 64.6 Å². The second kappa shape index (κ2) is 9.99. The van der Waals surface area contributed by atoms with Crippen molar-refractivity contribution in [2.75, 3.05) is 25.1 Å². The van der Waals surface area contributed by atoms with Gasteiger partial charge in [0.1, 0.15) is 0 Å². The van der Waals surface area contributed by atoms with Gasteiger partial charge in [0, 0.05) is 0 Å². The maximum absolute atomic E-state index is 8.85. The number of hydrogen-bond donors (Lipinski definition) is 1. The molecule has 0 fully saturated rings. The van der Waals surface area contributed by atoms with Gasteiger partial charge in [0.15, 0.2) is 0 Å². The minimum atomic E-state index is -0.141. The van der Waals surface area contributed by atoms with Crippen LogP contribution in [0.2, 0.25) is 0 Å². The summed E-state index contributed by atoms with van der Waals surface area (Å²) in [6.45, 7) is 6.27. The molecule has 0 heterocycles. The quantitative estimate of drug-likeness (QED) is 0.596. The van der Waals surface area contributed by atoms with Crippen LogP contribution in [-0.2, 0) is 0 Å². The van der Waals surface area contributed by atoms with E-state index < -0.39 is 0 Å². The third-order valence-corrected chi connectivity index (χ3v) is 3.36. The largest absolute Gasteiger partial charge is 0.317 e. The Kier molecular flexibility index (Phi) is 9.86. The van der Waals surface area contributed by atoms with Gasteiger partial charge in [0.05, 0.1) is 11.5 Å². The maximum atomic E-state index is 8.85. The molecule has 3 heteroatoms. The first kappa shape index (κ1) is 15.8. The van der Waals surface area contributed by atoms with Crippen molar-refractivity contribution in [2.24, 2.45) is 5.41 Å². The van der Waals surface area contributed by atoms with Crippen LogP contribution in [0.3, 0.4) is 0 Å². The summed E-state index contributed by atoms with van der Waals surface area (Å²) in [5.41, 5.74) is -0.141. The van der Waals surface area contributed by atoms with Crippen LogP contribution in [0, 0.1) is 16.7 Å². The van der Waals surface area contributed by atoms with Gasteiger partial charge in [0.2, 0.25) is 0 Å². The molecule has 0 rings (SSSR count). The van der Waals surface area contributed by atoms with E-state index >= 15 is 0 Å². The van der Waals surface area contributed by atoms with E-state index in [1.54, 1.807) is 0 Å². The van der Waals surface area contributed by atoms with Gasteiger partial charge in [-0.1, -0.05) is 6.42 Å². The van der Waals surface area contributed by atoms with Crippen LogP contribution in [-0.4, -0.2) is 25.1 Å². The lowest BCUT2D eigenvalue weighted by Gasteiger charge is -2.14. The van der Waals surface area contributed by atoms with E-state index in [1.807, 2.05) is 25.6 Å². The minimum absolute atomic E-state index is 0.141. The summed E-state index contributed by atoms with van der Waals surface area (Å²) in [5, 5.41) is 12.3. The topological polar surface area (TPSA) is 35.8 Å². The van der Waals surface area contributed by atoms with Crippen molar-refractivity contribution in [3.05, 3.63) is 0 Å². The van der Waals surface area contributed by atoms with E-state index in [0.29, 0.717) is 0 Å². The summed E-state index contributed by atoms with van der Waals surface area (Å²) in [5.74, 6) is 1.28. The Hall–Kier alpha value is -0.200. The molecule has 0 aliphatic carbocycles. The molecule has 0 aromatic rings. The molecule has 0 saturated heterocycles. The number of nitriles is 1. The molecular weight excluding hydrogens is 216 g/mol. The molecule has 0 atom stereocenters. The Morgan fingerprint density at radius 1 is 1.12 bits per heavy atom. The highest BCUT2D eigenvalue weighted by molar-refractivity contribution is 7.98. The number of thioether (sulfide) groups is 1. The Balaban J connectivity index is 3.14. The Morgan fingerprint density at radius 2 is 1.75 bits per heavy atom. The summed E-state index contributed by atoms with van der Waals surface area (Å²) < 4.78 is 0. The standard InChI is InChI=1S/C13H26N2S/c1-13(2,12-14)8-4-5-9-15-10-6-7-11-16-3/h15H,4-11H2,1-3H3. The van der Waals surface area contributed by atoms with E-state index in [-0.39, 0.29) is 5.41 Å². The van der Waals surface area contributed by atoms with Crippen LogP contribution >= 0.6 is 11.8 Å². The molecule has 2 nitrogen and oxygen atoms in total. The minimum Gasteiger partial charge on any atom is -0.317 e. The molecule has 0 aromatic carbocycles. The number of hydrogen-bond acceptors (Lipinski definition) is 3. The molecule has 0 saturated carbocycles. The SMILES string of the molecule is CSCCCCNCCCCC(C)(C)C#N. The molecule has 0 aliphatic rings. The number of unbranched alkanes of at least 4 members (excludes halogenated alkanes) is 2. The fourth-order valence-corrected chi connectivity index (χ4v) is 1.99. The summed E-state index contributed by atoms with van der Waals surface area (Å²) in [6, 6.07) is 2.34. The highest BCUT2D eigenvalue weighted by Gasteiger charge is 2.14. The molecule has 0 aliphatic heterocycles. The average molecular weight is 242 g/mol. The van der Waals surface area contributed by atoms with Crippen molar-refractivity contribution < 1.29 is 0 Å². The third-order valence-electron chi connectivity index (χ3n) is 2.66. The van der Waals surface area contributed by atoms with Crippen LogP contribution in [0.15, 0.2) is 0 Å². The highest BCUT2D eigenvalue weighted by atomic mass is 32.2. The molecule has 1 N–H and O–H groups in total. The smallest absolute Gasteiger partial charge is 0.0683 e. The van der Waals surface area contributed by atoms with E-state index in [0.717, 1.165) is 25.9 Å². The average Bonchev–Trinajstić information content (AvgIpc) is 2.27. The summed E-state index contributed by atoms with van der Waals surface area (Å²) in [4.78, 5) is 0. The van der Waals surface area contributed by atoms with Crippen molar-refractivity contribution >= 4 is 11.8 Å². The van der Waals surface area contributed by atoms with Gasteiger partial charge in [0.25, 0.3) is 0 Å². The molecule has 16 heavy (non-hydrogen) atoms. The van der Waals surface area contributed by atoms with Crippen LogP contribution in [0.5, 0.6) is 0 Å². The maximum Gasteiger partial charge on any atom is 0.0683 e. The van der Waals surface area contributed by atoms with Crippen molar-refractivity contribution in [2.45, 2.75) is 46.0 Å². The molecule has 0 bridgehead atoms. The lowest BCUT2D eigenvalue weighted by atomic mass is 9.89. The third kappa shape index (κ3) is 10.3. The van der Waals surface area contributed by atoms with Gasteiger partial charge in [-0.15, -0.1) is 0 Å². The van der Waals surface area contributed by atoms with E-state index in [2.05, 4.69) is 17.6 Å². The van der Waals surface area contributed by atoms with Crippen molar-refractivity contribution in [3.63, 3.8) is 0 Å². The predicted octanol–water partition coefficient (Wildman–Crippen LogP) is 3.44. The summed E-state index contributed by atoms with van der Waals surface area (Å²) in [6.07, 6.45) is 8.11. The van der Waals surface area contributed by atoms with E-state index in [1.165, 1.54) is 25.0 Å². The second-order valence-corrected chi connectivity index (χ2v) is 5.89. The molecular formula is C13H26N2S. The lowest BCUT2D eigenvalue weighted by Crippen LogP contribution is -2.17. The summed E-state index contributed by atoms with van der Waals surface area (Å²) >= 11 is 1.92. The molecule has 0 spiro atoms. The first-order valence-corrected chi connectivity index (χ1v) is 7.63. The monoisotopic (exact) mass is 242 g/mol. The normalized spacial score (nSPS) is 11.4. The van der Waals surface area contributed by atoms with Crippen LogP contribution in [0.1, 0.15) is 46.0 Å². The molecule has 0 unspecified atom stereocenters. The van der Waals surface area contributed by atoms with Crippen LogP contribution < -0.4 is 5.32 Å². The fourth-order valence-electron chi connectivity index (χ4n) is 1.49. The Bertz CT molecular complexity index is 197. The number of nitrogens with zero attached hydrogens (tertiary/aromatic N) is 1. The van der Waals surface area contributed by atoms with Crippen LogP contribution in [0.25, 0.3) is 0 Å². The zero-order chi connectivity index (χ0) is 12.3. The molecule has 94 valence electrons. The van der Waals surface area contributed by atoms with E-state index in [4.69, 9.17) is 5.26 Å². The van der Waals surface area contributed by atoms with Crippen molar-refractivity contribution in [1.82, 2.24) is 5.32 Å². The van der Waals surface area contributed by atoms with Crippen LogP contribution in [0.4, 0.5) is 0 Å². The van der Waals surface area contributed by atoms with Crippen molar-refractivity contribution in [3.8, 4) is 6.07 Å². The fraction of sp³-hybridized carbons (Fsp3) is 0.923. The predicted molar refractivity (Wildman–Crippen MR) is 73.7 cm³/mol. The number of rotatable bonds is 10. The number of nitrogens with one attached hydrogen (secondary N) is 1. The summed E-state index contributed by atoms with van der Waals surface area (Å²) in [7, 11) is 0. The lowest BCUT2D eigenvalue weighted by molar-refractivity contribution is 0.422. The van der Waals surface area contributed by atoms with Gasteiger partial charge < -0.3 is 5.32 Å². The van der Waals surface area contributed by atoms with Gasteiger partial charge in [-0.3, -0.25) is 0 Å². The van der Waals surface area contributed by atoms with E-state index in [9.17, 15) is 0 Å². The van der Waals surface area contributed by atoms with Gasteiger partial charge >= 0.3 is 0 Å². The first-order chi connectivity index (χ1) is 7.62. The zero-order valence-electron chi connectivity index (χ0n) is 11.0. The van der Waals surface area contributed by atoms with Crippen molar-refractivity contribution in [1.29, 1.82) is 5.26 Å².